The molecule has 0 aliphatic rings. The summed E-state index contributed by atoms with van der Waals surface area (Å²) in [5.41, 5.74) is 1.47. The second-order valence-corrected chi connectivity index (χ2v) is 6.42. The Bertz CT molecular complexity index is 1020. The predicted molar refractivity (Wildman–Crippen MR) is 102 cm³/mol. The summed E-state index contributed by atoms with van der Waals surface area (Å²) in [6, 6.07) is 14.5. The summed E-state index contributed by atoms with van der Waals surface area (Å²) in [7, 11) is 0. The third-order valence-electron chi connectivity index (χ3n) is 3.84. The normalized spacial score (nSPS) is 10.8. The van der Waals surface area contributed by atoms with Crippen LogP contribution in [0.4, 0.5) is 0 Å². The number of hydrogen-bond donors (Lipinski definition) is 2. The van der Waals surface area contributed by atoms with Crippen LogP contribution in [0.1, 0.15) is 5.56 Å². The highest BCUT2D eigenvalue weighted by Crippen LogP contribution is 2.09. The van der Waals surface area contributed by atoms with E-state index < -0.39 is 0 Å². The molecule has 0 aliphatic carbocycles. The fourth-order valence-electron chi connectivity index (χ4n) is 2.54. The third kappa shape index (κ3) is 4.15. The maximum absolute atomic E-state index is 12.5. The Hall–Kier alpha value is -2.44. The largest absolute Gasteiger partial charge is 0.354 e. The number of carbonyl (C=O) groups excluding carboxylic acids is 1. The number of para-hydroxylation sites is 1. The number of aromatic nitrogens is 2. The summed E-state index contributed by atoms with van der Waals surface area (Å²) < 4.78 is 1.51. The van der Waals surface area contributed by atoms with Gasteiger partial charge in [0.1, 0.15) is 6.54 Å². The van der Waals surface area contributed by atoms with Crippen molar-refractivity contribution in [2.24, 2.45) is 0 Å². The fourth-order valence-corrected chi connectivity index (χ4v) is 2.92. The van der Waals surface area contributed by atoms with Gasteiger partial charge >= 0.3 is 0 Å². The van der Waals surface area contributed by atoms with Gasteiger partial charge < -0.3 is 10.3 Å². The van der Waals surface area contributed by atoms with Crippen molar-refractivity contribution in [1.82, 2.24) is 14.9 Å². The number of benzene rings is 2. The fraction of sp³-hybridized carbons (Fsp3) is 0.167. The monoisotopic (exact) mass is 373 g/mol. The lowest BCUT2D eigenvalue weighted by molar-refractivity contribution is -0.121. The van der Waals surface area contributed by atoms with Crippen molar-refractivity contribution < 1.29 is 4.79 Å². The second kappa shape index (κ2) is 7.63. The van der Waals surface area contributed by atoms with Crippen LogP contribution in [-0.2, 0) is 17.8 Å². The third-order valence-corrected chi connectivity index (χ3v) is 4.41. The van der Waals surface area contributed by atoms with Crippen LogP contribution in [0.2, 0.25) is 5.02 Å². The lowest BCUT2D eigenvalue weighted by Crippen LogP contribution is -2.34. The van der Waals surface area contributed by atoms with Crippen LogP contribution >= 0.6 is 23.8 Å². The van der Waals surface area contributed by atoms with E-state index >= 15 is 0 Å². The van der Waals surface area contributed by atoms with Gasteiger partial charge in [-0.3, -0.25) is 14.2 Å². The first-order chi connectivity index (χ1) is 12.0. The van der Waals surface area contributed by atoms with Gasteiger partial charge in [0.15, 0.2) is 4.77 Å². The molecule has 5 nitrogen and oxygen atoms in total. The minimum Gasteiger partial charge on any atom is -0.354 e. The number of aromatic amines is 1. The summed E-state index contributed by atoms with van der Waals surface area (Å²) >= 11 is 11.0. The molecule has 3 rings (SSSR count). The minimum atomic E-state index is -0.271. The van der Waals surface area contributed by atoms with Crippen molar-refractivity contribution in [2.45, 2.75) is 13.0 Å². The maximum Gasteiger partial charge on any atom is 0.262 e. The number of hydrogen-bond acceptors (Lipinski definition) is 3. The van der Waals surface area contributed by atoms with E-state index in [0.717, 1.165) is 5.56 Å². The molecule has 1 heterocycles. The van der Waals surface area contributed by atoms with Gasteiger partial charge in [-0.1, -0.05) is 35.9 Å². The van der Waals surface area contributed by atoms with E-state index in [0.29, 0.717) is 28.9 Å². The molecule has 0 fully saturated rings. The maximum atomic E-state index is 12.5. The zero-order chi connectivity index (χ0) is 17.8. The van der Waals surface area contributed by atoms with Gasteiger partial charge in [-0.15, -0.1) is 0 Å². The van der Waals surface area contributed by atoms with Crippen molar-refractivity contribution in [3.8, 4) is 0 Å². The molecule has 1 amide bonds. The molecule has 0 bridgehead atoms. The molecule has 0 aliphatic heterocycles. The molecule has 0 radical (unpaired) electrons. The first-order valence-corrected chi connectivity index (χ1v) is 8.56. The first-order valence-electron chi connectivity index (χ1n) is 7.77. The van der Waals surface area contributed by atoms with Crippen LogP contribution in [0.25, 0.3) is 10.9 Å². The molecule has 0 saturated heterocycles. The number of rotatable bonds is 5. The highest BCUT2D eigenvalue weighted by Gasteiger charge is 2.09. The molecule has 3 aromatic rings. The van der Waals surface area contributed by atoms with Gasteiger partial charge in [-0.05, 0) is 48.5 Å². The zero-order valence-electron chi connectivity index (χ0n) is 13.3. The average Bonchev–Trinajstić information content (AvgIpc) is 2.60. The van der Waals surface area contributed by atoms with Crippen molar-refractivity contribution in [3.63, 3.8) is 0 Å². The average molecular weight is 374 g/mol. The van der Waals surface area contributed by atoms with Crippen molar-refractivity contribution in [3.05, 3.63) is 74.2 Å². The number of nitrogens with one attached hydrogen (secondary N) is 2. The summed E-state index contributed by atoms with van der Waals surface area (Å²) in [6.45, 7) is 0.360. The summed E-state index contributed by atoms with van der Waals surface area (Å²) in [4.78, 5) is 27.6. The number of amides is 1. The molecule has 0 saturated carbocycles. The molecule has 25 heavy (non-hydrogen) atoms. The standard InChI is InChI=1S/C18H16ClN3O2S/c19-13-7-5-12(6-8-13)9-10-20-16(23)11-22-17(24)14-3-1-2-4-15(14)21-18(22)25/h1-8H,9-11H2,(H,20,23)(H,21,25). The molecule has 128 valence electrons. The van der Waals surface area contributed by atoms with Crippen LogP contribution in [0, 0.1) is 4.77 Å². The number of fused-ring (bicyclic) bond motifs is 1. The van der Waals surface area contributed by atoms with E-state index in [1.54, 1.807) is 18.2 Å². The van der Waals surface area contributed by atoms with Crippen LogP contribution in [-0.4, -0.2) is 22.0 Å². The lowest BCUT2D eigenvalue weighted by Gasteiger charge is -2.09. The zero-order valence-corrected chi connectivity index (χ0v) is 14.9. The molecule has 2 N–H and O–H groups in total. The Labute approximate surface area is 154 Å². The van der Waals surface area contributed by atoms with Gasteiger partial charge in [-0.25, -0.2) is 0 Å². The molecule has 1 aromatic heterocycles. The van der Waals surface area contributed by atoms with E-state index in [1.165, 1.54) is 4.57 Å². The van der Waals surface area contributed by atoms with E-state index in [4.69, 9.17) is 23.8 Å². The molecule has 0 atom stereocenters. The van der Waals surface area contributed by atoms with Crippen molar-refractivity contribution in [2.75, 3.05) is 6.54 Å². The minimum absolute atomic E-state index is 0.111. The Morgan fingerprint density at radius 1 is 1.16 bits per heavy atom. The van der Waals surface area contributed by atoms with E-state index in [9.17, 15) is 9.59 Å². The van der Waals surface area contributed by atoms with Gasteiger partial charge in [0.2, 0.25) is 5.91 Å². The predicted octanol–water partition coefficient (Wildman–Crippen LogP) is 3.07. The van der Waals surface area contributed by atoms with Crippen LogP contribution in [0.15, 0.2) is 53.3 Å². The smallest absolute Gasteiger partial charge is 0.262 e. The molecular formula is C18H16ClN3O2S. The quantitative estimate of drug-likeness (QED) is 0.675. The highest BCUT2D eigenvalue weighted by molar-refractivity contribution is 7.71. The Morgan fingerprint density at radius 3 is 2.64 bits per heavy atom. The molecule has 0 unspecified atom stereocenters. The molecule has 0 spiro atoms. The SMILES string of the molecule is O=C(Cn1c(=S)[nH]c2ccccc2c1=O)NCCc1ccc(Cl)cc1. The van der Waals surface area contributed by atoms with Crippen LogP contribution < -0.4 is 10.9 Å². The van der Waals surface area contributed by atoms with E-state index in [2.05, 4.69) is 10.3 Å². The Morgan fingerprint density at radius 2 is 1.88 bits per heavy atom. The number of carbonyl (C=O) groups is 1. The van der Waals surface area contributed by atoms with Crippen LogP contribution in [0.5, 0.6) is 0 Å². The van der Waals surface area contributed by atoms with Gasteiger partial charge in [0, 0.05) is 11.6 Å². The van der Waals surface area contributed by atoms with Crippen molar-refractivity contribution >= 4 is 40.6 Å². The number of halogens is 1. The summed E-state index contributed by atoms with van der Waals surface area (Å²) in [5.74, 6) is -0.258. The second-order valence-electron chi connectivity index (χ2n) is 5.59. The van der Waals surface area contributed by atoms with E-state index in [1.807, 2.05) is 30.3 Å². The number of H-pyrrole nitrogens is 1. The topological polar surface area (TPSA) is 66.9 Å². The highest BCUT2D eigenvalue weighted by atomic mass is 35.5. The molecule has 2 aromatic carbocycles. The Balaban J connectivity index is 1.67. The molecular weight excluding hydrogens is 358 g/mol. The Kier molecular flexibility index (Phi) is 5.31. The van der Waals surface area contributed by atoms with Crippen LogP contribution in [0.3, 0.4) is 0 Å². The van der Waals surface area contributed by atoms with Crippen molar-refractivity contribution in [1.29, 1.82) is 0 Å². The van der Waals surface area contributed by atoms with Gasteiger partial charge in [0.25, 0.3) is 5.56 Å². The van der Waals surface area contributed by atoms with Gasteiger partial charge in [-0.2, -0.15) is 0 Å². The summed E-state index contributed by atoms with van der Waals surface area (Å²) in [6.07, 6.45) is 0.683. The lowest BCUT2D eigenvalue weighted by atomic mass is 10.1. The molecule has 7 heteroatoms. The van der Waals surface area contributed by atoms with E-state index in [-0.39, 0.29) is 22.8 Å². The van der Waals surface area contributed by atoms with Gasteiger partial charge in [0.05, 0.1) is 10.9 Å². The number of nitrogens with zero attached hydrogens (tertiary/aromatic N) is 1. The first kappa shape index (κ1) is 17.4. The summed E-state index contributed by atoms with van der Waals surface area (Å²) in [5, 5.41) is 3.99.